The summed E-state index contributed by atoms with van der Waals surface area (Å²) < 4.78 is 0. The van der Waals surface area contributed by atoms with E-state index < -0.39 is 0 Å². The molecule has 0 spiro atoms. The summed E-state index contributed by atoms with van der Waals surface area (Å²) in [5, 5.41) is 0. The molecule has 0 heterocycles. The molecule has 0 bridgehead atoms. The summed E-state index contributed by atoms with van der Waals surface area (Å²) >= 11 is 0. The number of aryl methyl sites for hydroxylation is 1. The second kappa shape index (κ2) is 3.61. The van der Waals surface area contributed by atoms with Crippen molar-refractivity contribution in [1.82, 2.24) is 0 Å². The fourth-order valence-corrected chi connectivity index (χ4v) is 2.59. The molecule has 0 aliphatic heterocycles. The lowest BCUT2D eigenvalue weighted by Crippen LogP contribution is -1.87. The molecule has 0 fully saturated rings. The summed E-state index contributed by atoms with van der Waals surface area (Å²) in [5.74, 6) is 0. The van der Waals surface area contributed by atoms with Gasteiger partial charge in [0.15, 0.2) is 0 Å². The summed E-state index contributed by atoms with van der Waals surface area (Å²) in [6, 6.07) is 6.69. The van der Waals surface area contributed by atoms with Crippen LogP contribution in [0.25, 0.3) is 5.57 Å². The van der Waals surface area contributed by atoms with Gasteiger partial charge < -0.3 is 0 Å². The van der Waals surface area contributed by atoms with Crippen molar-refractivity contribution in [1.29, 1.82) is 0 Å². The number of fused-ring (bicyclic) bond motifs is 1. The van der Waals surface area contributed by atoms with Crippen LogP contribution in [0, 0.1) is 6.92 Å². The van der Waals surface area contributed by atoms with E-state index in [2.05, 4.69) is 39.0 Å². The van der Waals surface area contributed by atoms with Crippen molar-refractivity contribution < 1.29 is 0 Å². The number of allylic oxidation sites excluding steroid dienone is 2. The third-order valence-corrected chi connectivity index (χ3v) is 3.27. The standard InChI is InChI=1S/C14H18/c1-4-11-9-12-8-6-7-10(3)14(12)13(11)5-2/h6-8H,4-5,9H2,1-3H3. The van der Waals surface area contributed by atoms with Gasteiger partial charge in [0.25, 0.3) is 0 Å². The Kier molecular flexibility index (Phi) is 2.45. The topological polar surface area (TPSA) is 0 Å². The molecule has 0 heteroatoms. The molecule has 14 heavy (non-hydrogen) atoms. The summed E-state index contributed by atoms with van der Waals surface area (Å²) in [5.41, 5.74) is 7.80. The second-order valence-electron chi connectivity index (χ2n) is 4.08. The minimum atomic E-state index is 1.18. The van der Waals surface area contributed by atoms with Crippen molar-refractivity contribution >= 4 is 5.57 Å². The van der Waals surface area contributed by atoms with Crippen LogP contribution in [-0.2, 0) is 6.42 Å². The van der Waals surface area contributed by atoms with Crippen molar-refractivity contribution in [3.63, 3.8) is 0 Å². The van der Waals surface area contributed by atoms with Crippen LogP contribution in [0.15, 0.2) is 23.8 Å². The molecule has 0 radical (unpaired) electrons. The highest BCUT2D eigenvalue weighted by molar-refractivity contribution is 5.78. The molecule has 0 saturated heterocycles. The van der Waals surface area contributed by atoms with E-state index in [9.17, 15) is 0 Å². The van der Waals surface area contributed by atoms with E-state index >= 15 is 0 Å². The van der Waals surface area contributed by atoms with Crippen LogP contribution in [0.1, 0.15) is 43.4 Å². The van der Waals surface area contributed by atoms with Gasteiger partial charge in [-0.2, -0.15) is 0 Å². The van der Waals surface area contributed by atoms with E-state index in [0.29, 0.717) is 0 Å². The summed E-state index contributed by atoms with van der Waals surface area (Å²) in [7, 11) is 0. The van der Waals surface area contributed by atoms with Crippen LogP contribution in [0.2, 0.25) is 0 Å². The van der Waals surface area contributed by atoms with Gasteiger partial charge in [0.1, 0.15) is 0 Å². The molecule has 1 aromatic carbocycles. The maximum atomic E-state index is 2.28. The zero-order valence-corrected chi connectivity index (χ0v) is 9.35. The fraction of sp³-hybridized carbons (Fsp3) is 0.429. The first-order valence-corrected chi connectivity index (χ1v) is 5.57. The summed E-state index contributed by atoms with van der Waals surface area (Å²) in [6.45, 7) is 6.77. The van der Waals surface area contributed by atoms with Crippen LogP contribution >= 0.6 is 0 Å². The third kappa shape index (κ3) is 1.30. The van der Waals surface area contributed by atoms with E-state index in [1.807, 2.05) is 0 Å². The Bertz CT molecular complexity index is 383. The van der Waals surface area contributed by atoms with E-state index in [-0.39, 0.29) is 0 Å². The smallest absolute Gasteiger partial charge is 0.00550 e. The Labute approximate surface area is 86.7 Å². The molecule has 74 valence electrons. The Hall–Kier alpha value is -1.04. The Morgan fingerprint density at radius 2 is 1.93 bits per heavy atom. The maximum Gasteiger partial charge on any atom is -0.00550 e. The normalized spacial score (nSPS) is 14.8. The van der Waals surface area contributed by atoms with Crippen LogP contribution in [0.4, 0.5) is 0 Å². The van der Waals surface area contributed by atoms with Crippen molar-refractivity contribution in [2.75, 3.05) is 0 Å². The highest BCUT2D eigenvalue weighted by Crippen LogP contribution is 2.37. The van der Waals surface area contributed by atoms with E-state index in [1.165, 1.54) is 24.8 Å². The lowest BCUT2D eigenvalue weighted by atomic mass is 9.98. The van der Waals surface area contributed by atoms with Crippen LogP contribution in [0.3, 0.4) is 0 Å². The Morgan fingerprint density at radius 1 is 1.14 bits per heavy atom. The van der Waals surface area contributed by atoms with Crippen molar-refractivity contribution in [3.8, 4) is 0 Å². The third-order valence-electron chi connectivity index (χ3n) is 3.27. The highest BCUT2D eigenvalue weighted by Gasteiger charge is 2.19. The average Bonchev–Trinajstić information content (AvgIpc) is 2.56. The second-order valence-corrected chi connectivity index (χ2v) is 4.08. The van der Waals surface area contributed by atoms with Gasteiger partial charge in [-0.25, -0.2) is 0 Å². The maximum absolute atomic E-state index is 2.28. The number of hydrogen-bond acceptors (Lipinski definition) is 0. The SMILES string of the molecule is CCC1=C(CC)c2c(C)cccc2C1. The van der Waals surface area contributed by atoms with Gasteiger partial charge in [0, 0.05) is 0 Å². The van der Waals surface area contributed by atoms with E-state index in [0.717, 1.165) is 0 Å². The largest absolute Gasteiger partial charge is 0.0623 e. The molecule has 0 unspecified atom stereocenters. The molecule has 1 aliphatic carbocycles. The predicted molar refractivity (Wildman–Crippen MR) is 62.4 cm³/mol. The molecule has 1 aromatic rings. The fourth-order valence-electron chi connectivity index (χ4n) is 2.59. The summed E-state index contributed by atoms with van der Waals surface area (Å²) in [6.07, 6.45) is 3.58. The molecule has 0 amide bonds. The number of benzene rings is 1. The van der Waals surface area contributed by atoms with Gasteiger partial charge in [-0.15, -0.1) is 0 Å². The van der Waals surface area contributed by atoms with E-state index in [1.54, 1.807) is 22.3 Å². The predicted octanol–water partition coefficient (Wildman–Crippen LogP) is 4.12. The number of hydrogen-bond donors (Lipinski definition) is 0. The molecule has 0 nitrogen and oxygen atoms in total. The van der Waals surface area contributed by atoms with Gasteiger partial charge in [0.05, 0.1) is 0 Å². The van der Waals surface area contributed by atoms with Crippen molar-refractivity contribution in [3.05, 3.63) is 40.5 Å². The number of rotatable bonds is 2. The van der Waals surface area contributed by atoms with Gasteiger partial charge in [-0.1, -0.05) is 37.6 Å². The van der Waals surface area contributed by atoms with Crippen LogP contribution in [0.5, 0.6) is 0 Å². The molecule has 2 rings (SSSR count). The summed E-state index contributed by atoms with van der Waals surface area (Å²) in [4.78, 5) is 0. The van der Waals surface area contributed by atoms with Crippen molar-refractivity contribution in [2.24, 2.45) is 0 Å². The molecular formula is C14H18. The Balaban J connectivity index is 2.57. The minimum absolute atomic E-state index is 1.18. The van der Waals surface area contributed by atoms with Gasteiger partial charge in [-0.3, -0.25) is 0 Å². The van der Waals surface area contributed by atoms with Crippen molar-refractivity contribution in [2.45, 2.75) is 40.0 Å². The first kappa shape index (κ1) is 9.51. The average molecular weight is 186 g/mol. The quantitative estimate of drug-likeness (QED) is 0.651. The van der Waals surface area contributed by atoms with Gasteiger partial charge in [-0.05, 0) is 48.4 Å². The zero-order valence-electron chi connectivity index (χ0n) is 9.35. The first-order chi connectivity index (χ1) is 6.77. The highest BCUT2D eigenvalue weighted by atomic mass is 14.2. The van der Waals surface area contributed by atoms with Crippen LogP contribution in [-0.4, -0.2) is 0 Å². The lowest BCUT2D eigenvalue weighted by molar-refractivity contribution is 1.02. The molecule has 0 aromatic heterocycles. The monoisotopic (exact) mass is 186 g/mol. The van der Waals surface area contributed by atoms with Crippen LogP contribution < -0.4 is 0 Å². The van der Waals surface area contributed by atoms with Gasteiger partial charge >= 0.3 is 0 Å². The lowest BCUT2D eigenvalue weighted by Gasteiger charge is -2.07. The van der Waals surface area contributed by atoms with E-state index in [4.69, 9.17) is 0 Å². The van der Waals surface area contributed by atoms with Gasteiger partial charge in [0.2, 0.25) is 0 Å². The molecule has 1 aliphatic rings. The Morgan fingerprint density at radius 3 is 2.57 bits per heavy atom. The molecule has 0 atom stereocenters. The minimum Gasteiger partial charge on any atom is -0.0623 e. The zero-order chi connectivity index (χ0) is 10.1. The first-order valence-electron chi connectivity index (χ1n) is 5.57. The molecule has 0 saturated carbocycles. The molecular weight excluding hydrogens is 168 g/mol. The molecule has 0 N–H and O–H groups in total.